The van der Waals surface area contributed by atoms with E-state index in [-0.39, 0.29) is 13.0 Å². The summed E-state index contributed by atoms with van der Waals surface area (Å²) >= 11 is 0. The molecule has 0 unspecified atom stereocenters. The number of hydrogen-bond acceptors (Lipinski definition) is 3. The zero-order chi connectivity index (χ0) is 14.3. The van der Waals surface area contributed by atoms with Gasteiger partial charge in [0.1, 0.15) is 0 Å². The van der Waals surface area contributed by atoms with E-state index >= 15 is 0 Å². The van der Waals surface area contributed by atoms with Crippen LogP contribution in [0.15, 0.2) is 18.3 Å². The van der Waals surface area contributed by atoms with Crippen molar-refractivity contribution in [3.05, 3.63) is 23.9 Å². The highest BCUT2D eigenvalue weighted by Gasteiger charge is 2.26. The third-order valence-electron chi connectivity index (χ3n) is 2.37. The number of alkyl halides is 3. The van der Waals surface area contributed by atoms with Crippen LogP contribution in [0.4, 0.5) is 13.2 Å². The summed E-state index contributed by atoms with van der Waals surface area (Å²) < 4.78 is 41.0. The molecule has 0 saturated carbocycles. The minimum atomic E-state index is -4.13. The third-order valence-corrected chi connectivity index (χ3v) is 2.37. The Labute approximate surface area is 111 Å². The lowest BCUT2D eigenvalue weighted by atomic mass is 10.2. The molecule has 1 heterocycles. The average molecular weight is 276 g/mol. The smallest absolute Gasteiger partial charge is 0.389 e. The molecule has 0 aliphatic heterocycles. The molecule has 0 fully saturated rings. The fraction of sp³-hybridized carbons (Fsp3) is 0.615. The molecule has 0 saturated heterocycles. The van der Waals surface area contributed by atoms with Gasteiger partial charge < -0.3 is 10.1 Å². The average Bonchev–Trinajstić information content (AvgIpc) is 2.32. The highest BCUT2D eigenvalue weighted by Crippen LogP contribution is 2.21. The Kier molecular flexibility index (Phi) is 6.08. The maximum atomic E-state index is 11.9. The largest absolute Gasteiger partial charge is 0.478 e. The van der Waals surface area contributed by atoms with E-state index in [1.807, 2.05) is 19.9 Å². The first kappa shape index (κ1) is 15.8. The molecule has 1 rings (SSSR count). The van der Waals surface area contributed by atoms with Crippen LogP contribution in [0.25, 0.3) is 0 Å². The Morgan fingerprint density at radius 1 is 1.37 bits per heavy atom. The molecule has 1 aromatic heterocycles. The molecule has 6 heteroatoms. The predicted octanol–water partition coefficient (Wildman–Crippen LogP) is 3.30. The zero-order valence-corrected chi connectivity index (χ0v) is 11.1. The second-order valence-electron chi connectivity index (χ2n) is 4.61. The Hall–Kier alpha value is -1.30. The molecule has 0 radical (unpaired) electrons. The van der Waals surface area contributed by atoms with Gasteiger partial charge in [-0.2, -0.15) is 13.2 Å². The minimum absolute atomic E-state index is 0.0214. The molecular formula is C13H19F3N2O. The van der Waals surface area contributed by atoms with Crippen molar-refractivity contribution in [1.82, 2.24) is 10.3 Å². The second-order valence-corrected chi connectivity index (χ2v) is 4.61. The number of nitrogens with one attached hydrogen (secondary N) is 1. The number of nitrogens with zero attached hydrogens (tertiary/aromatic N) is 1. The van der Waals surface area contributed by atoms with Crippen molar-refractivity contribution >= 4 is 0 Å². The van der Waals surface area contributed by atoms with E-state index in [2.05, 4.69) is 10.3 Å². The molecule has 1 aromatic rings. The lowest BCUT2D eigenvalue weighted by Gasteiger charge is -2.10. The molecule has 0 aliphatic carbocycles. The molecule has 0 amide bonds. The number of hydrogen-bond donors (Lipinski definition) is 1. The van der Waals surface area contributed by atoms with Crippen molar-refractivity contribution < 1.29 is 17.9 Å². The molecular weight excluding hydrogens is 257 g/mol. The molecule has 0 aliphatic rings. The van der Waals surface area contributed by atoms with E-state index in [0.717, 1.165) is 5.56 Å². The van der Waals surface area contributed by atoms with Crippen molar-refractivity contribution in [2.24, 2.45) is 0 Å². The van der Waals surface area contributed by atoms with Gasteiger partial charge in [-0.1, -0.05) is 13.8 Å². The van der Waals surface area contributed by atoms with Crippen molar-refractivity contribution in [3.8, 4) is 5.88 Å². The van der Waals surface area contributed by atoms with Gasteiger partial charge in [0.05, 0.1) is 6.61 Å². The van der Waals surface area contributed by atoms with Crippen LogP contribution >= 0.6 is 0 Å². The lowest BCUT2D eigenvalue weighted by Crippen LogP contribution is -2.21. The van der Waals surface area contributed by atoms with Gasteiger partial charge in [-0.05, 0) is 18.1 Å². The van der Waals surface area contributed by atoms with Crippen LogP contribution in [0.2, 0.25) is 0 Å². The van der Waals surface area contributed by atoms with E-state index in [0.29, 0.717) is 18.5 Å². The van der Waals surface area contributed by atoms with Crippen LogP contribution in [-0.4, -0.2) is 23.8 Å². The Bertz CT molecular complexity index is 380. The monoisotopic (exact) mass is 276 g/mol. The van der Waals surface area contributed by atoms with Crippen LogP contribution in [0.3, 0.4) is 0 Å². The first-order valence-corrected chi connectivity index (χ1v) is 6.24. The van der Waals surface area contributed by atoms with E-state index < -0.39 is 12.6 Å². The summed E-state index contributed by atoms with van der Waals surface area (Å²) in [6, 6.07) is 3.95. The predicted molar refractivity (Wildman–Crippen MR) is 67.0 cm³/mol. The maximum Gasteiger partial charge on any atom is 0.389 e. The third kappa shape index (κ3) is 7.66. The second kappa shape index (κ2) is 7.33. The van der Waals surface area contributed by atoms with Crippen molar-refractivity contribution in [2.45, 2.75) is 45.5 Å². The van der Waals surface area contributed by atoms with Crippen molar-refractivity contribution in [3.63, 3.8) is 0 Å². The first-order valence-electron chi connectivity index (χ1n) is 6.24. The molecule has 19 heavy (non-hydrogen) atoms. The summed E-state index contributed by atoms with van der Waals surface area (Å²) in [6.45, 7) is 4.78. The summed E-state index contributed by atoms with van der Waals surface area (Å²) in [5.74, 6) is 0.366. The summed E-state index contributed by atoms with van der Waals surface area (Å²) in [6.07, 6.45) is -3.42. The molecule has 0 atom stereocenters. The van der Waals surface area contributed by atoms with Crippen LogP contribution in [0.5, 0.6) is 5.88 Å². The van der Waals surface area contributed by atoms with E-state index in [4.69, 9.17) is 4.74 Å². The molecule has 0 aromatic carbocycles. The number of pyridine rings is 1. The molecule has 1 N–H and O–H groups in total. The number of aromatic nitrogens is 1. The SMILES string of the molecule is CC(C)NCc1ccnc(OCCCC(F)(F)F)c1. The summed E-state index contributed by atoms with van der Waals surface area (Å²) in [5, 5.41) is 3.24. The molecule has 108 valence electrons. The molecule has 3 nitrogen and oxygen atoms in total. The van der Waals surface area contributed by atoms with Crippen molar-refractivity contribution in [1.29, 1.82) is 0 Å². The van der Waals surface area contributed by atoms with Crippen LogP contribution < -0.4 is 10.1 Å². The van der Waals surface area contributed by atoms with Gasteiger partial charge in [0, 0.05) is 31.3 Å². The van der Waals surface area contributed by atoms with Gasteiger partial charge in [0.2, 0.25) is 5.88 Å². The fourth-order valence-electron chi connectivity index (χ4n) is 1.41. The van der Waals surface area contributed by atoms with Gasteiger partial charge in [-0.15, -0.1) is 0 Å². The highest BCUT2D eigenvalue weighted by molar-refractivity contribution is 5.20. The lowest BCUT2D eigenvalue weighted by molar-refractivity contribution is -0.136. The van der Waals surface area contributed by atoms with Gasteiger partial charge >= 0.3 is 6.18 Å². The Balaban J connectivity index is 2.35. The minimum Gasteiger partial charge on any atom is -0.478 e. The standard InChI is InChI=1S/C13H19F3N2O/c1-10(2)18-9-11-4-6-17-12(8-11)19-7-3-5-13(14,15)16/h4,6,8,10,18H,3,5,7,9H2,1-2H3. The van der Waals surface area contributed by atoms with Gasteiger partial charge in [0.15, 0.2) is 0 Å². The fourth-order valence-corrected chi connectivity index (χ4v) is 1.41. The number of halogens is 3. The van der Waals surface area contributed by atoms with Gasteiger partial charge in [-0.25, -0.2) is 4.98 Å². The topological polar surface area (TPSA) is 34.2 Å². The Morgan fingerprint density at radius 3 is 2.74 bits per heavy atom. The molecule has 0 spiro atoms. The summed E-state index contributed by atoms with van der Waals surface area (Å²) in [7, 11) is 0. The van der Waals surface area contributed by atoms with E-state index in [1.54, 1.807) is 12.3 Å². The quantitative estimate of drug-likeness (QED) is 0.776. The first-order chi connectivity index (χ1) is 8.87. The number of rotatable bonds is 7. The number of ether oxygens (including phenoxy) is 1. The van der Waals surface area contributed by atoms with Crippen molar-refractivity contribution in [2.75, 3.05) is 6.61 Å². The normalized spacial score (nSPS) is 11.9. The zero-order valence-electron chi connectivity index (χ0n) is 11.1. The van der Waals surface area contributed by atoms with Crippen LogP contribution in [-0.2, 0) is 6.54 Å². The molecule has 0 bridgehead atoms. The summed E-state index contributed by atoms with van der Waals surface area (Å²) in [4.78, 5) is 3.97. The summed E-state index contributed by atoms with van der Waals surface area (Å²) in [5.41, 5.74) is 0.995. The van der Waals surface area contributed by atoms with Gasteiger partial charge in [0.25, 0.3) is 0 Å². The van der Waals surface area contributed by atoms with E-state index in [1.165, 1.54) is 0 Å². The highest BCUT2D eigenvalue weighted by atomic mass is 19.4. The van der Waals surface area contributed by atoms with Crippen LogP contribution in [0.1, 0.15) is 32.3 Å². The van der Waals surface area contributed by atoms with Crippen LogP contribution in [0, 0.1) is 0 Å². The van der Waals surface area contributed by atoms with E-state index in [9.17, 15) is 13.2 Å². The maximum absolute atomic E-state index is 11.9. The Morgan fingerprint density at radius 2 is 2.11 bits per heavy atom. The van der Waals surface area contributed by atoms with Gasteiger partial charge in [-0.3, -0.25) is 0 Å².